The number of hydrogen-bond donors (Lipinski definition) is 2. The van der Waals surface area contributed by atoms with Crippen LogP contribution in [0, 0.1) is 0 Å². The zero-order valence-corrected chi connectivity index (χ0v) is 18.2. The number of rotatable bonds is 8. The second kappa shape index (κ2) is 9.49. The molecule has 3 aromatic carbocycles. The number of methoxy groups -OCH3 is 1. The molecular formula is C24H23N3O3S. The van der Waals surface area contributed by atoms with Crippen LogP contribution in [-0.2, 0) is 4.79 Å². The predicted molar refractivity (Wildman–Crippen MR) is 126 cm³/mol. The molecule has 0 radical (unpaired) electrons. The highest BCUT2D eigenvalue weighted by Gasteiger charge is 2.09. The van der Waals surface area contributed by atoms with Crippen LogP contribution in [-0.4, -0.2) is 31.2 Å². The van der Waals surface area contributed by atoms with E-state index in [2.05, 4.69) is 10.6 Å². The van der Waals surface area contributed by atoms with Crippen LogP contribution in [0.5, 0.6) is 11.5 Å². The first kappa shape index (κ1) is 20.7. The molecule has 158 valence electrons. The van der Waals surface area contributed by atoms with Crippen molar-refractivity contribution in [1.82, 2.24) is 4.98 Å². The van der Waals surface area contributed by atoms with Gasteiger partial charge in [-0.15, -0.1) is 11.3 Å². The van der Waals surface area contributed by atoms with Crippen LogP contribution < -0.4 is 20.1 Å². The SMILES string of the molecule is CCOc1ccc2nc(-c3ccc(NCC(=O)Nc4ccccc4OC)cc3)sc2c1. The van der Waals surface area contributed by atoms with E-state index in [-0.39, 0.29) is 12.5 Å². The third-order valence-electron chi connectivity index (χ3n) is 4.64. The molecule has 6 nitrogen and oxygen atoms in total. The van der Waals surface area contributed by atoms with Crippen LogP contribution in [0.25, 0.3) is 20.8 Å². The largest absolute Gasteiger partial charge is 0.495 e. The van der Waals surface area contributed by atoms with Crippen molar-refractivity contribution in [3.05, 3.63) is 66.7 Å². The number of amides is 1. The first-order chi connectivity index (χ1) is 15.2. The van der Waals surface area contributed by atoms with Gasteiger partial charge >= 0.3 is 0 Å². The number of hydrogen-bond acceptors (Lipinski definition) is 6. The molecule has 0 saturated heterocycles. The normalized spacial score (nSPS) is 10.6. The Morgan fingerprint density at radius 3 is 2.65 bits per heavy atom. The molecule has 1 amide bonds. The third kappa shape index (κ3) is 4.95. The fourth-order valence-electron chi connectivity index (χ4n) is 3.14. The average molecular weight is 434 g/mol. The monoisotopic (exact) mass is 433 g/mol. The highest BCUT2D eigenvalue weighted by atomic mass is 32.1. The molecule has 4 rings (SSSR count). The molecule has 0 aliphatic heterocycles. The van der Waals surface area contributed by atoms with Crippen LogP contribution in [0.1, 0.15) is 6.92 Å². The lowest BCUT2D eigenvalue weighted by Gasteiger charge is -2.11. The standard InChI is InChI=1S/C24H23N3O3S/c1-3-30-18-12-13-20-22(14-18)31-24(27-20)16-8-10-17(11-9-16)25-15-23(28)26-19-6-4-5-7-21(19)29-2/h4-14,25H,3,15H2,1-2H3,(H,26,28). The minimum absolute atomic E-state index is 0.148. The van der Waals surface area contributed by atoms with E-state index in [1.54, 1.807) is 30.6 Å². The fraction of sp³-hybridized carbons (Fsp3) is 0.167. The zero-order chi connectivity index (χ0) is 21.6. The number of carbonyl (C=O) groups excluding carboxylic acids is 1. The van der Waals surface area contributed by atoms with Gasteiger partial charge in [-0.05, 0) is 61.5 Å². The fourth-order valence-corrected chi connectivity index (χ4v) is 4.14. The Morgan fingerprint density at radius 1 is 1.06 bits per heavy atom. The quantitative estimate of drug-likeness (QED) is 0.388. The summed E-state index contributed by atoms with van der Waals surface area (Å²) in [5, 5.41) is 6.94. The van der Waals surface area contributed by atoms with Crippen molar-refractivity contribution < 1.29 is 14.3 Å². The van der Waals surface area contributed by atoms with E-state index in [1.165, 1.54) is 0 Å². The molecule has 7 heteroatoms. The van der Waals surface area contributed by atoms with Crippen molar-refractivity contribution in [1.29, 1.82) is 0 Å². The van der Waals surface area contributed by atoms with Gasteiger partial charge in [0.15, 0.2) is 0 Å². The molecule has 0 fully saturated rings. The molecular weight excluding hydrogens is 410 g/mol. The molecule has 4 aromatic rings. The maximum Gasteiger partial charge on any atom is 0.243 e. The van der Waals surface area contributed by atoms with Crippen molar-refractivity contribution in [2.75, 3.05) is 30.9 Å². The van der Waals surface area contributed by atoms with Crippen molar-refractivity contribution in [3.8, 4) is 22.1 Å². The number of ether oxygens (including phenoxy) is 2. The summed E-state index contributed by atoms with van der Waals surface area (Å²) in [6.07, 6.45) is 0. The Morgan fingerprint density at radius 2 is 1.87 bits per heavy atom. The number of nitrogens with one attached hydrogen (secondary N) is 2. The number of benzene rings is 3. The molecule has 0 aliphatic carbocycles. The van der Waals surface area contributed by atoms with Gasteiger partial charge in [0.2, 0.25) is 5.91 Å². The summed E-state index contributed by atoms with van der Waals surface area (Å²) in [5.41, 5.74) is 3.50. The van der Waals surface area contributed by atoms with E-state index in [1.807, 2.05) is 61.5 Å². The molecule has 2 N–H and O–H groups in total. The Kier molecular flexibility index (Phi) is 6.33. The molecule has 0 saturated carbocycles. The van der Waals surface area contributed by atoms with Crippen LogP contribution in [0.4, 0.5) is 11.4 Å². The number of para-hydroxylation sites is 2. The molecule has 0 unspecified atom stereocenters. The van der Waals surface area contributed by atoms with Gasteiger partial charge in [-0.3, -0.25) is 4.79 Å². The molecule has 0 aliphatic rings. The second-order valence-electron chi connectivity index (χ2n) is 6.76. The lowest BCUT2D eigenvalue weighted by molar-refractivity contribution is -0.114. The van der Waals surface area contributed by atoms with E-state index in [0.717, 1.165) is 32.2 Å². The average Bonchev–Trinajstić information content (AvgIpc) is 3.22. The zero-order valence-electron chi connectivity index (χ0n) is 17.3. The number of aromatic nitrogens is 1. The summed E-state index contributed by atoms with van der Waals surface area (Å²) in [4.78, 5) is 17.0. The van der Waals surface area contributed by atoms with Gasteiger partial charge in [-0.2, -0.15) is 0 Å². The lowest BCUT2D eigenvalue weighted by atomic mass is 10.2. The predicted octanol–water partition coefficient (Wildman–Crippen LogP) is 5.42. The molecule has 0 bridgehead atoms. The van der Waals surface area contributed by atoms with E-state index < -0.39 is 0 Å². The molecule has 0 spiro atoms. The Hall–Kier alpha value is -3.58. The molecule has 1 heterocycles. The van der Waals surface area contributed by atoms with Gasteiger partial charge in [0.05, 0.1) is 36.2 Å². The van der Waals surface area contributed by atoms with Gasteiger partial charge in [0.1, 0.15) is 16.5 Å². The summed E-state index contributed by atoms with van der Waals surface area (Å²) in [6, 6.07) is 21.2. The van der Waals surface area contributed by atoms with Gasteiger partial charge in [0, 0.05) is 11.3 Å². The highest BCUT2D eigenvalue weighted by molar-refractivity contribution is 7.21. The van der Waals surface area contributed by atoms with E-state index in [9.17, 15) is 4.79 Å². The van der Waals surface area contributed by atoms with Crippen LogP contribution >= 0.6 is 11.3 Å². The first-order valence-corrected chi connectivity index (χ1v) is 10.8. The van der Waals surface area contributed by atoms with Crippen LogP contribution in [0.2, 0.25) is 0 Å². The minimum Gasteiger partial charge on any atom is -0.495 e. The topological polar surface area (TPSA) is 72.5 Å². The number of nitrogens with zero attached hydrogens (tertiary/aromatic N) is 1. The molecule has 0 atom stereocenters. The van der Waals surface area contributed by atoms with Gasteiger partial charge < -0.3 is 20.1 Å². The summed E-state index contributed by atoms with van der Waals surface area (Å²) in [6.45, 7) is 2.77. The number of fused-ring (bicyclic) bond motifs is 1. The second-order valence-corrected chi connectivity index (χ2v) is 7.79. The Bertz CT molecular complexity index is 1190. The molecule has 31 heavy (non-hydrogen) atoms. The summed E-state index contributed by atoms with van der Waals surface area (Å²) in [5.74, 6) is 1.34. The van der Waals surface area contributed by atoms with Crippen molar-refractivity contribution in [2.45, 2.75) is 6.92 Å². The van der Waals surface area contributed by atoms with Gasteiger partial charge in [-0.1, -0.05) is 12.1 Å². The Balaban J connectivity index is 1.39. The maximum atomic E-state index is 12.3. The van der Waals surface area contributed by atoms with Gasteiger partial charge in [-0.25, -0.2) is 4.98 Å². The first-order valence-electron chi connectivity index (χ1n) is 9.97. The summed E-state index contributed by atoms with van der Waals surface area (Å²) < 4.78 is 11.9. The smallest absolute Gasteiger partial charge is 0.243 e. The molecule has 1 aromatic heterocycles. The number of anilines is 2. The summed E-state index contributed by atoms with van der Waals surface area (Å²) >= 11 is 1.63. The van der Waals surface area contributed by atoms with Crippen LogP contribution in [0.3, 0.4) is 0 Å². The van der Waals surface area contributed by atoms with Crippen molar-refractivity contribution >= 4 is 38.8 Å². The van der Waals surface area contributed by atoms with Gasteiger partial charge in [0.25, 0.3) is 0 Å². The van der Waals surface area contributed by atoms with Crippen LogP contribution in [0.15, 0.2) is 66.7 Å². The van der Waals surface area contributed by atoms with Crippen molar-refractivity contribution in [2.24, 2.45) is 0 Å². The highest BCUT2D eigenvalue weighted by Crippen LogP contribution is 2.33. The van der Waals surface area contributed by atoms with E-state index in [4.69, 9.17) is 14.5 Å². The van der Waals surface area contributed by atoms with E-state index in [0.29, 0.717) is 18.0 Å². The van der Waals surface area contributed by atoms with E-state index >= 15 is 0 Å². The minimum atomic E-state index is -0.148. The maximum absolute atomic E-state index is 12.3. The Labute approximate surface area is 184 Å². The van der Waals surface area contributed by atoms with Crippen molar-refractivity contribution in [3.63, 3.8) is 0 Å². The third-order valence-corrected chi connectivity index (χ3v) is 5.70. The number of thiazole rings is 1. The lowest BCUT2D eigenvalue weighted by Crippen LogP contribution is -2.22. The number of carbonyl (C=O) groups is 1. The summed E-state index contributed by atoms with van der Waals surface area (Å²) in [7, 11) is 1.58.